The second-order valence-corrected chi connectivity index (χ2v) is 9.12. The van der Waals surface area contributed by atoms with Crippen LogP contribution in [0.5, 0.6) is 0 Å². The van der Waals surface area contributed by atoms with Crippen LogP contribution in [0.2, 0.25) is 0 Å². The summed E-state index contributed by atoms with van der Waals surface area (Å²) in [5.74, 6) is -0.153. The molecule has 0 aromatic heterocycles. The summed E-state index contributed by atoms with van der Waals surface area (Å²) >= 11 is 0. The van der Waals surface area contributed by atoms with Crippen LogP contribution in [0.15, 0.2) is 24.3 Å². The summed E-state index contributed by atoms with van der Waals surface area (Å²) in [6.45, 7) is 9.34. The van der Waals surface area contributed by atoms with Gasteiger partial charge in [0.05, 0.1) is 24.3 Å². The molecule has 0 bridgehead atoms. The van der Waals surface area contributed by atoms with Gasteiger partial charge >= 0.3 is 19.8 Å². The first-order valence-electron chi connectivity index (χ1n) is 11.8. The summed E-state index contributed by atoms with van der Waals surface area (Å²) < 4.78 is 19.9. The molecule has 2 atom stereocenters. The highest BCUT2D eigenvalue weighted by molar-refractivity contribution is 7.45. The number of ether oxygens (including phenoxy) is 2. The van der Waals surface area contributed by atoms with E-state index in [1.807, 2.05) is 0 Å². The standard InChI is InChI=1S/C24H38O4.H3O4P/c1-5-9-13-19(7-3)17-27-23(25)21-15-11-12-16-22(21)24(26)28-18-20(8-4)14-10-6-2;1-5(2,3)4/h11-12,15-16,19-20H,5-10,13-14,17-18H2,1-4H3;(H3,1,2,3,4). The van der Waals surface area contributed by atoms with Crippen molar-refractivity contribution in [1.29, 1.82) is 0 Å². The van der Waals surface area contributed by atoms with E-state index in [9.17, 15) is 9.59 Å². The molecule has 0 fully saturated rings. The van der Waals surface area contributed by atoms with E-state index in [0.717, 1.165) is 51.4 Å². The van der Waals surface area contributed by atoms with Crippen LogP contribution >= 0.6 is 7.82 Å². The van der Waals surface area contributed by atoms with E-state index in [2.05, 4.69) is 27.7 Å². The Balaban J connectivity index is 0.00000184. The fourth-order valence-electron chi connectivity index (χ4n) is 3.18. The van der Waals surface area contributed by atoms with E-state index in [-0.39, 0.29) is 0 Å². The van der Waals surface area contributed by atoms with Gasteiger partial charge in [0.15, 0.2) is 0 Å². The van der Waals surface area contributed by atoms with Gasteiger partial charge < -0.3 is 24.2 Å². The lowest BCUT2D eigenvalue weighted by Crippen LogP contribution is -2.19. The predicted molar refractivity (Wildman–Crippen MR) is 128 cm³/mol. The van der Waals surface area contributed by atoms with Crippen molar-refractivity contribution in [3.8, 4) is 0 Å². The quantitative estimate of drug-likeness (QED) is 0.231. The van der Waals surface area contributed by atoms with E-state index in [1.54, 1.807) is 24.3 Å². The minimum Gasteiger partial charge on any atom is -0.462 e. The van der Waals surface area contributed by atoms with Crippen molar-refractivity contribution in [3.63, 3.8) is 0 Å². The van der Waals surface area contributed by atoms with Crippen molar-refractivity contribution < 1.29 is 38.3 Å². The van der Waals surface area contributed by atoms with Crippen molar-refractivity contribution in [2.24, 2.45) is 11.8 Å². The lowest BCUT2D eigenvalue weighted by Gasteiger charge is -2.17. The maximum atomic E-state index is 12.6. The van der Waals surface area contributed by atoms with Gasteiger partial charge in [0.2, 0.25) is 0 Å². The van der Waals surface area contributed by atoms with Crippen LogP contribution in [-0.2, 0) is 14.0 Å². The van der Waals surface area contributed by atoms with Crippen LogP contribution < -0.4 is 0 Å². The molecule has 0 aliphatic rings. The average Bonchev–Trinajstić information content (AvgIpc) is 2.77. The summed E-state index contributed by atoms with van der Waals surface area (Å²) in [7, 11) is -4.64. The van der Waals surface area contributed by atoms with Gasteiger partial charge in [-0.15, -0.1) is 0 Å². The van der Waals surface area contributed by atoms with Crippen molar-refractivity contribution in [3.05, 3.63) is 35.4 Å². The summed E-state index contributed by atoms with van der Waals surface area (Å²) in [5, 5.41) is 0. The third-order valence-corrected chi connectivity index (χ3v) is 5.35. The van der Waals surface area contributed by atoms with Crippen LogP contribution in [-0.4, -0.2) is 39.8 Å². The maximum absolute atomic E-state index is 12.6. The van der Waals surface area contributed by atoms with Gasteiger partial charge in [-0.25, -0.2) is 14.2 Å². The van der Waals surface area contributed by atoms with Crippen LogP contribution in [0.4, 0.5) is 0 Å². The second kappa shape index (κ2) is 17.7. The zero-order valence-electron chi connectivity index (χ0n) is 20.4. The summed E-state index contributed by atoms with van der Waals surface area (Å²) in [6, 6.07) is 6.77. The molecule has 0 radical (unpaired) electrons. The number of carbonyl (C=O) groups excluding carboxylic acids is 2. The second-order valence-electron chi connectivity index (χ2n) is 8.09. The summed E-state index contributed by atoms with van der Waals surface area (Å²) in [5.41, 5.74) is 0.582. The van der Waals surface area contributed by atoms with Gasteiger partial charge in [-0.1, -0.05) is 78.4 Å². The SMILES string of the molecule is CCCCC(CC)COC(=O)c1ccccc1C(=O)OCC(CC)CCCC.O=P(O)(O)O. The van der Waals surface area contributed by atoms with E-state index in [4.69, 9.17) is 28.7 Å². The minimum atomic E-state index is -4.64. The lowest BCUT2D eigenvalue weighted by atomic mass is 10.0. The van der Waals surface area contributed by atoms with Gasteiger partial charge in [0.25, 0.3) is 0 Å². The Morgan fingerprint density at radius 3 is 1.39 bits per heavy atom. The van der Waals surface area contributed by atoms with Crippen molar-refractivity contribution in [1.82, 2.24) is 0 Å². The highest BCUT2D eigenvalue weighted by atomic mass is 31.2. The van der Waals surface area contributed by atoms with Crippen LogP contribution in [0.25, 0.3) is 0 Å². The predicted octanol–water partition coefficient (Wildman–Crippen LogP) is 5.50. The number of carbonyl (C=O) groups is 2. The summed E-state index contributed by atoms with van der Waals surface area (Å²) in [4.78, 5) is 46.7. The minimum absolute atomic E-state index is 0.291. The Morgan fingerprint density at radius 2 is 1.12 bits per heavy atom. The molecule has 9 heteroatoms. The molecular weight excluding hydrogens is 447 g/mol. The molecule has 2 unspecified atom stereocenters. The Morgan fingerprint density at radius 1 is 0.788 bits per heavy atom. The smallest absolute Gasteiger partial charge is 0.462 e. The number of hydrogen-bond acceptors (Lipinski definition) is 5. The van der Waals surface area contributed by atoms with E-state index < -0.39 is 19.8 Å². The van der Waals surface area contributed by atoms with E-state index in [1.165, 1.54) is 0 Å². The Hall–Kier alpha value is -1.73. The van der Waals surface area contributed by atoms with Gasteiger partial charge in [0.1, 0.15) is 0 Å². The van der Waals surface area contributed by atoms with Crippen molar-refractivity contribution >= 4 is 19.8 Å². The molecule has 0 aliphatic carbocycles. The van der Waals surface area contributed by atoms with Gasteiger partial charge in [-0.2, -0.15) is 0 Å². The summed E-state index contributed by atoms with van der Waals surface area (Å²) in [6.07, 6.45) is 8.61. The number of rotatable bonds is 14. The molecule has 0 amide bonds. The van der Waals surface area contributed by atoms with E-state index in [0.29, 0.717) is 36.2 Å². The number of hydrogen-bond donors (Lipinski definition) is 3. The van der Waals surface area contributed by atoms with Crippen LogP contribution in [0, 0.1) is 11.8 Å². The molecule has 1 aromatic carbocycles. The molecular formula is C24H41O8P. The Kier molecular flexibility index (Phi) is 16.8. The molecule has 0 heterocycles. The highest BCUT2D eigenvalue weighted by Crippen LogP contribution is 2.25. The van der Waals surface area contributed by atoms with Crippen molar-refractivity contribution in [2.45, 2.75) is 79.1 Å². The number of phosphoric acid groups is 1. The van der Waals surface area contributed by atoms with Crippen LogP contribution in [0.1, 0.15) is 99.8 Å². The lowest BCUT2D eigenvalue weighted by molar-refractivity contribution is 0.0381. The van der Waals surface area contributed by atoms with Crippen LogP contribution in [0.3, 0.4) is 0 Å². The zero-order chi connectivity index (χ0) is 25.3. The molecule has 0 saturated carbocycles. The molecule has 0 spiro atoms. The average molecular weight is 489 g/mol. The molecule has 33 heavy (non-hydrogen) atoms. The van der Waals surface area contributed by atoms with Gasteiger partial charge in [-0.3, -0.25) is 0 Å². The monoisotopic (exact) mass is 488 g/mol. The highest BCUT2D eigenvalue weighted by Gasteiger charge is 2.21. The molecule has 1 aromatic rings. The fourth-order valence-corrected chi connectivity index (χ4v) is 3.18. The molecule has 3 N–H and O–H groups in total. The number of unbranched alkanes of at least 4 members (excludes halogenated alkanes) is 2. The third kappa shape index (κ3) is 15.7. The Labute approximate surface area is 197 Å². The van der Waals surface area contributed by atoms with Gasteiger partial charge in [0, 0.05) is 0 Å². The molecule has 1 rings (SSSR count). The molecule has 8 nitrogen and oxygen atoms in total. The zero-order valence-corrected chi connectivity index (χ0v) is 21.3. The Bertz CT molecular complexity index is 672. The maximum Gasteiger partial charge on any atom is 0.466 e. The first kappa shape index (κ1) is 31.3. The molecule has 0 saturated heterocycles. The third-order valence-electron chi connectivity index (χ3n) is 5.35. The molecule has 190 valence electrons. The first-order valence-corrected chi connectivity index (χ1v) is 13.3. The first-order chi connectivity index (χ1) is 15.6. The topological polar surface area (TPSA) is 130 Å². The van der Waals surface area contributed by atoms with Crippen molar-refractivity contribution in [2.75, 3.05) is 13.2 Å². The number of esters is 2. The van der Waals surface area contributed by atoms with E-state index >= 15 is 0 Å². The number of benzene rings is 1. The molecule has 0 aliphatic heterocycles. The van der Waals surface area contributed by atoms with Gasteiger partial charge in [-0.05, 0) is 36.8 Å². The largest absolute Gasteiger partial charge is 0.466 e. The fraction of sp³-hybridized carbons (Fsp3) is 0.667. The normalized spacial score (nSPS) is 12.8.